The van der Waals surface area contributed by atoms with Gasteiger partial charge in [0.25, 0.3) is 27.5 Å². The molecule has 1 unspecified atom stereocenters. The van der Waals surface area contributed by atoms with Gasteiger partial charge in [-0.1, -0.05) is 38.1 Å². The standard InChI is InChI=1S/C55H65N9O9S/c1-35(2)43-8-6-7-9-44(43)48-32-61(31-37-22-50(71-4)53(72-5)59-29-37)20-21-63(48)40-26-55(27-40)33-62(34-55)39-10-12-45(49(24-39)73-41-23-38-16-19-56-51(38)58-30-41)52(65)60-74(69,70)42-11-13-46(47(25-42)64(67)68)57-28-36-14-17-54(3,66)18-15-36/h6-13,16,19,22-25,29-30,35-36,40,48,57,66H,14-15,17-18,20-21,26-28,31-34H2,1-5H3,(H,56,58)(H,60,65). The van der Waals surface area contributed by atoms with E-state index in [0.717, 1.165) is 87.7 Å². The number of ether oxygens (including phenoxy) is 3. The SMILES string of the molecule is COc1cc(CN2CCN(C3CC4(C3)CN(c3ccc(C(=O)NS(=O)(=O)c5ccc(NCC6CCC(C)(O)CC6)c([N+](=O)[O-])c5)c(Oc5cnc6[nH]ccc6c5)c3)C4)C(c3ccccc3C(C)C)C2)cnc1OC. The van der Waals surface area contributed by atoms with Gasteiger partial charge in [-0.15, -0.1) is 0 Å². The largest absolute Gasteiger partial charge is 0.491 e. The minimum atomic E-state index is -4.60. The van der Waals surface area contributed by atoms with E-state index >= 15 is 0 Å². The first kappa shape index (κ1) is 50.7. The number of methoxy groups -OCH3 is 2. The Bertz CT molecular complexity index is 3160. The molecular formula is C55H65N9O9S. The number of benzene rings is 3. The molecule has 0 bridgehead atoms. The van der Waals surface area contributed by atoms with Crippen LogP contribution in [0.3, 0.4) is 0 Å². The van der Waals surface area contributed by atoms with Crippen molar-refractivity contribution in [2.75, 3.05) is 63.7 Å². The summed E-state index contributed by atoms with van der Waals surface area (Å²) >= 11 is 0. The summed E-state index contributed by atoms with van der Waals surface area (Å²) in [7, 11) is -1.37. The molecule has 1 atom stereocenters. The lowest BCUT2D eigenvalue weighted by atomic mass is 9.59. The summed E-state index contributed by atoms with van der Waals surface area (Å²) < 4.78 is 47.2. The van der Waals surface area contributed by atoms with Crippen LogP contribution in [0.25, 0.3) is 11.0 Å². The molecule has 19 heteroatoms. The fraction of sp³-hybridized carbons (Fsp3) is 0.436. The topological polar surface area (TPSA) is 218 Å². The zero-order valence-corrected chi connectivity index (χ0v) is 43.4. The zero-order valence-electron chi connectivity index (χ0n) is 42.5. The summed E-state index contributed by atoms with van der Waals surface area (Å²) in [6, 6.07) is 23.8. The number of hydrogen-bond donors (Lipinski definition) is 4. The third-order valence-electron chi connectivity index (χ3n) is 15.7. The Kier molecular flexibility index (Phi) is 14.0. The van der Waals surface area contributed by atoms with E-state index < -0.39 is 37.0 Å². The van der Waals surface area contributed by atoms with Crippen LogP contribution in [0.15, 0.2) is 102 Å². The second-order valence-corrected chi connectivity index (χ2v) is 23.0. The molecule has 3 aromatic carbocycles. The average molecular weight is 1030 g/mol. The second-order valence-electron chi connectivity index (χ2n) is 21.3. The third kappa shape index (κ3) is 10.6. The molecule has 1 spiro atoms. The maximum absolute atomic E-state index is 14.1. The van der Waals surface area contributed by atoms with Crippen LogP contribution >= 0.6 is 0 Å². The highest BCUT2D eigenvalue weighted by Gasteiger charge is 2.55. The molecule has 1 amide bonds. The van der Waals surface area contributed by atoms with Gasteiger partial charge in [0.05, 0.1) is 41.4 Å². The van der Waals surface area contributed by atoms with E-state index in [1.165, 1.54) is 29.5 Å². The number of rotatable bonds is 17. The number of nitro benzene ring substituents is 1. The number of nitrogens with one attached hydrogen (secondary N) is 3. The fourth-order valence-electron chi connectivity index (χ4n) is 11.6. The maximum atomic E-state index is 14.1. The van der Waals surface area contributed by atoms with Gasteiger partial charge < -0.3 is 34.5 Å². The van der Waals surface area contributed by atoms with E-state index in [9.17, 15) is 28.4 Å². The number of aromatic nitrogens is 3. The number of hydrogen-bond acceptors (Lipinski definition) is 15. The molecule has 390 valence electrons. The summed E-state index contributed by atoms with van der Waals surface area (Å²) in [6.45, 7) is 11.8. The van der Waals surface area contributed by atoms with Crippen LogP contribution in [0, 0.1) is 21.4 Å². The molecule has 4 N–H and O–H groups in total. The molecule has 2 aliphatic carbocycles. The molecular weight excluding hydrogens is 963 g/mol. The van der Waals surface area contributed by atoms with Gasteiger partial charge in [0, 0.05) is 98.9 Å². The first-order valence-corrected chi connectivity index (χ1v) is 26.9. The number of aromatic amines is 1. The van der Waals surface area contributed by atoms with E-state index in [-0.39, 0.29) is 34.4 Å². The summed E-state index contributed by atoms with van der Waals surface area (Å²) in [5.74, 6) is 1.17. The van der Waals surface area contributed by atoms with Crippen LogP contribution in [0.2, 0.25) is 0 Å². The lowest BCUT2D eigenvalue weighted by Gasteiger charge is -2.63. The van der Waals surface area contributed by atoms with Crippen LogP contribution in [-0.2, 0) is 16.6 Å². The maximum Gasteiger partial charge on any atom is 0.293 e. The first-order chi connectivity index (χ1) is 35.5. The Hall–Kier alpha value is -6.80. The molecule has 74 heavy (non-hydrogen) atoms. The number of piperazine rings is 1. The number of anilines is 2. The minimum absolute atomic E-state index is 0.0427. The predicted molar refractivity (Wildman–Crippen MR) is 282 cm³/mol. The van der Waals surface area contributed by atoms with Crippen molar-refractivity contribution in [3.05, 3.63) is 130 Å². The van der Waals surface area contributed by atoms with E-state index in [1.807, 2.05) is 25.3 Å². The van der Waals surface area contributed by atoms with Crippen molar-refractivity contribution < 1.29 is 37.5 Å². The van der Waals surface area contributed by atoms with Gasteiger partial charge in [0.1, 0.15) is 22.8 Å². The third-order valence-corrected chi connectivity index (χ3v) is 17.0. The minimum Gasteiger partial charge on any atom is -0.491 e. The van der Waals surface area contributed by atoms with Gasteiger partial charge in [-0.3, -0.25) is 24.7 Å². The Morgan fingerprint density at radius 1 is 0.959 bits per heavy atom. The lowest BCUT2D eigenvalue weighted by molar-refractivity contribution is -0.384. The molecule has 2 saturated carbocycles. The van der Waals surface area contributed by atoms with Crippen molar-refractivity contribution in [3.8, 4) is 23.1 Å². The molecule has 0 radical (unpaired) electrons. The van der Waals surface area contributed by atoms with Gasteiger partial charge in [-0.2, -0.15) is 0 Å². The number of amides is 1. The van der Waals surface area contributed by atoms with E-state index in [2.05, 4.69) is 77.8 Å². The Balaban J connectivity index is 0.840. The number of fused-ring (bicyclic) bond motifs is 1. The van der Waals surface area contributed by atoms with Crippen molar-refractivity contribution >= 4 is 44.0 Å². The quantitative estimate of drug-likeness (QED) is 0.0496. The zero-order chi connectivity index (χ0) is 51.9. The molecule has 2 aliphatic heterocycles. The highest BCUT2D eigenvalue weighted by atomic mass is 32.2. The van der Waals surface area contributed by atoms with Gasteiger partial charge in [-0.25, -0.2) is 23.1 Å². The molecule has 3 aromatic heterocycles. The lowest BCUT2D eigenvalue weighted by Crippen LogP contribution is -2.68. The summed E-state index contributed by atoms with van der Waals surface area (Å²) in [5, 5.41) is 26.5. The highest BCUT2D eigenvalue weighted by molar-refractivity contribution is 7.90. The number of H-pyrrole nitrogens is 1. The highest BCUT2D eigenvalue weighted by Crippen LogP contribution is 2.54. The van der Waals surface area contributed by atoms with Crippen LogP contribution in [0.5, 0.6) is 23.1 Å². The fourth-order valence-corrected chi connectivity index (χ4v) is 12.6. The van der Waals surface area contributed by atoms with E-state index in [0.29, 0.717) is 54.4 Å². The summed E-state index contributed by atoms with van der Waals surface area (Å²) in [5.41, 5.74) is 4.38. The second kappa shape index (κ2) is 20.5. The summed E-state index contributed by atoms with van der Waals surface area (Å²) in [6.07, 6.45) is 10.0. The van der Waals surface area contributed by atoms with Crippen molar-refractivity contribution in [3.63, 3.8) is 0 Å². The van der Waals surface area contributed by atoms with E-state index in [4.69, 9.17) is 14.2 Å². The number of nitro groups is 1. The molecule has 5 heterocycles. The molecule has 6 aromatic rings. The van der Waals surface area contributed by atoms with Crippen molar-refractivity contribution in [2.45, 2.75) is 94.3 Å². The Labute approximate surface area is 431 Å². The Morgan fingerprint density at radius 3 is 2.49 bits per heavy atom. The van der Waals surface area contributed by atoms with Crippen molar-refractivity contribution in [2.24, 2.45) is 11.3 Å². The number of nitrogens with zero attached hydrogens (tertiary/aromatic N) is 6. The van der Waals surface area contributed by atoms with Crippen molar-refractivity contribution in [1.82, 2.24) is 29.5 Å². The molecule has 18 nitrogen and oxygen atoms in total. The van der Waals surface area contributed by atoms with Gasteiger partial charge >= 0.3 is 0 Å². The van der Waals surface area contributed by atoms with Crippen molar-refractivity contribution in [1.29, 1.82) is 0 Å². The smallest absolute Gasteiger partial charge is 0.293 e. The Morgan fingerprint density at radius 2 is 1.74 bits per heavy atom. The van der Waals surface area contributed by atoms with Gasteiger partial charge in [0.15, 0.2) is 5.75 Å². The van der Waals surface area contributed by atoms with Gasteiger partial charge in [0.2, 0.25) is 0 Å². The number of aliphatic hydroxyl groups is 1. The molecule has 4 aliphatic rings. The van der Waals surface area contributed by atoms with E-state index in [1.54, 1.807) is 44.7 Å². The molecule has 10 rings (SSSR count). The van der Waals surface area contributed by atoms with Crippen LogP contribution in [0.4, 0.5) is 17.1 Å². The number of carbonyl (C=O) groups is 1. The first-order valence-electron chi connectivity index (χ1n) is 25.4. The van der Waals surface area contributed by atoms with Crippen LogP contribution in [-0.4, -0.2) is 114 Å². The average Bonchev–Trinajstić information content (AvgIpc) is 3.85. The number of pyridine rings is 2. The number of carbonyl (C=O) groups excluding carboxylic acids is 1. The normalized spacial score (nSPS) is 21.3. The molecule has 2 saturated heterocycles. The monoisotopic (exact) mass is 1030 g/mol. The van der Waals surface area contributed by atoms with Crippen LogP contribution < -0.4 is 29.1 Å². The van der Waals surface area contributed by atoms with Gasteiger partial charge in [-0.05, 0) is 116 Å². The number of sulfonamides is 1. The van der Waals surface area contributed by atoms with Crippen LogP contribution in [0.1, 0.15) is 98.3 Å². The molecule has 4 fully saturated rings. The predicted octanol–water partition coefficient (Wildman–Crippen LogP) is 8.80. The summed E-state index contributed by atoms with van der Waals surface area (Å²) in [4.78, 5) is 44.8.